The van der Waals surface area contributed by atoms with E-state index in [0.29, 0.717) is 0 Å². The Bertz CT molecular complexity index is 628. The standard InChI is InChI=1S/C15H15N3S/c16-14(10-12-7-9-19-11-12)15-6-8-17-18(15)13-4-2-1-3-5-13/h1-9,11,14H,10,16H2. The van der Waals surface area contributed by atoms with E-state index in [1.165, 1.54) is 5.56 Å². The van der Waals surface area contributed by atoms with E-state index in [4.69, 9.17) is 5.73 Å². The zero-order valence-electron chi connectivity index (χ0n) is 10.4. The van der Waals surface area contributed by atoms with E-state index in [-0.39, 0.29) is 6.04 Å². The zero-order chi connectivity index (χ0) is 13.1. The number of aromatic nitrogens is 2. The monoisotopic (exact) mass is 269 g/mol. The molecule has 3 aromatic rings. The van der Waals surface area contributed by atoms with Crippen LogP contribution in [0.3, 0.4) is 0 Å². The number of thiophene rings is 1. The molecule has 1 aromatic carbocycles. The first-order valence-corrected chi connectivity index (χ1v) is 7.15. The summed E-state index contributed by atoms with van der Waals surface area (Å²) in [5, 5.41) is 8.60. The highest BCUT2D eigenvalue weighted by Crippen LogP contribution is 2.20. The number of para-hydroxylation sites is 1. The minimum absolute atomic E-state index is 0.0442. The van der Waals surface area contributed by atoms with Crippen molar-refractivity contribution in [3.63, 3.8) is 0 Å². The molecule has 96 valence electrons. The average molecular weight is 269 g/mol. The number of nitrogens with zero attached hydrogens (tertiary/aromatic N) is 2. The third kappa shape index (κ3) is 2.59. The van der Waals surface area contributed by atoms with Crippen molar-refractivity contribution in [2.75, 3.05) is 0 Å². The minimum Gasteiger partial charge on any atom is -0.322 e. The number of rotatable bonds is 4. The maximum atomic E-state index is 6.31. The molecule has 0 radical (unpaired) electrons. The van der Waals surface area contributed by atoms with Crippen molar-refractivity contribution in [1.29, 1.82) is 0 Å². The van der Waals surface area contributed by atoms with Crippen molar-refractivity contribution in [1.82, 2.24) is 9.78 Å². The van der Waals surface area contributed by atoms with Crippen LogP contribution in [-0.2, 0) is 6.42 Å². The Morgan fingerprint density at radius 3 is 2.74 bits per heavy atom. The molecular weight excluding hydrogens is 254 g/mol. The molecule has 0 spiro atoms. The Hall–Kier alpha value is -1.91. The van der Waals surface area contributed by atoms with Gasteiger partial charge in [-0.05, 0) is 47.0 Å². The van der Waals surface area contributed by atoms with Gasteiger partial charge in [-0.25, -0.2) is 4.68 Å². The molecule has 1 atom stereocenters. The van der Waals surface area contributed by atoms with Crippen molar-refractivity contribution in [3.8, 4) is 5.69 Å². The Morgan fingerprint density at radius 2 is 2.00 bits per heavy atom. The maximum Gasteiger partial charge on any atom is 0.0649 e. The second kappa shape index (κ2) is 5.38. The molecule has 3 nitrogen and oxygen atoms in total. The number of hydrogen-bond acceptors (Lipinski definition) is 3. The number of benzene rings is 1. The molecule has 4 heteroatoms. The van der Waals surface area contributed by atoms with E-state index in [9.17, 15) is 0 Å². The summed E-state index contributed by atoms with van der Waals surface area (Å²) in [6, 6.07) is 14.1. The first-order chi connectivity index (χ1) is 9.34. The predicted molar refractivity (Wildman–Crippen MR) is 78.5 cm³/mol. The maximum absolute atomic E-state index is 6.31. The summed E-state index contributed by atoms with van der Waals surface area (Å²) in [5.41, 5.74) is 9.67. The van der Waals surface area contributed by atoms with Crippen LogP contribution in [0.15, 0.2) is 59.4 Å². The fraction of sp³-hybridized carbons (Fsp3) is 0.133. The fourth-order valence-electron chi connectivity index (χ4n) is 2.15. The van der Waals surface area contributed by atoms with Crippen LogP contribution in [0.4, 0.5) is 0 Å². The second-order valence-electron chi connectivity index (χ2n) is 4.45. The molecule has 2 N–H and O–H groups in total. The first kappa shape index (κ1) is 12.1. The lowest BCUT2D eigenvalue weighted by Gasteiger charge is -2.13. The van der Waals surface area contributed by atoms with E-state index in [1.807, 2.05) is 41.1 Å². The largest absolute Gasteiger partial charge is 0.322 e. The van der Waals surface area contributed by atoms with Gasteiger partial charge >= 0.3 is 0 Å². The van der Waals surface area contributed by atoms with Crippen LogP contribution in [0.25, 0.3) is 5.69 Å². The van der Waals surface area contributed by atoms with Crippen LogP contribution in [0.1, 0.15) is 17.3 Å². The summed E-state index contributed by atoms with van der Waals surface area (Å²) in [6.07, 6.45) is 2.64. The summed E-state index contributed by atoms with van der Waals surface area (Å²) in [4.78, 5) is 0. The Kier molecular flexibility index (Phi) is 3.44. The lowest BCUT2D eigenvalue weighted by Crippen LogP contribution is -2.17. The molecule has 0 aliphatic heterocycles. The van der Waals surface area contributed by atoms with Crippen molar-refractivity contribution < 1.29 is 0 Å². The normalized spacial score (nSPS) is 12.5. The van der Waals surface area contributed by atoms with Crippen LogP contribution < -0.4 is 5.73 Å². The van der Waals surface area contributed by atoms with Crippen LogP contribution in [0.2, 0.25) is 0 Å². The molecular formula is C15H15N3S. The van der Waals surface area contributed by atoms with Gasteiger partial charge in [0, 0.05) is 6.20 Å². The van der Waals surface area contributed by atoms with Gasteiger partial charge in [0.1, 0.15) is 0 Å². The predicted octanol–water partition coefficient (Wildman–Crippen LogP) is 3.18. The van der Waals surface area contributed by atoms with Gasteiger partial charge in [0.15, 0.2) is 0 Å². The Morgan fingerprint density at radius 1 is 1.16 bits per heavy atom. The topological polar surface area (TPSA) is 43.8 Å². The van der Waals surface area contributed by atoms with E-state index >= 15 is 0 Å². The molecule has 2 aromatic heterocycles. The van der Waals surface area contributed by atoms with Gasteiger partial charge in [-0.2, -0.15) is 16.4 Å². The van der Waals surface area contributed by atoms with E-state index in [2.05, 4.69) is 21.9 Å². The summed E-state index contributed by atoms with van der Waals surface area (Å²) < 4.78 is 1.91. The summed E-state index contributed by atoms with van der Waals surface area (Å²) in [5.74, 6) is 0. The van der Waals surface area contributed by atoms with Gasteiger partial charge in [-0.1, -0.05) is 18.2 Å². The van der Waals surface area contributed by atoms with Crippen LogP contribution in [0, 0.1) is 0 Å². The van der Waals surface area contributed by atoms with Gasteiger partial charge in [0.25, 0.3) is 0 Å². The van der Waals surface area contributed by atoms with E-state index < -0.39 is 0 Å². The van der Waals surface area contributed by atoms with Crippen molar-refractivity contribution in [3.05, 3.63) is 70.7 Å². The van der Waals surface area contributed by atoms with Gasteiger partial charge in [0.2, 0.25) is 0 Å². The van der Waals surface area contributed by atoms with Gasteiger partial charge in [-0.15, -0.1) is 0 Å². The molecule has 3 rings (SSSR count). The van der Waals surface area contributed by atoms with Crippen molar-refractivity contribution in [2.24, 2.45) is 5.73 Å². The SMILES string of the molecule is NC(Cc1ccsc1)c1ccnn1-c1ccccc1. The summed E-state index contributed by atoms with van der Waals surface area (Å²) >= 11 is 1.70. The van der Waals surface area contributed by atoms with Crippen LogP contribution in [0.5, 0.6) is 0 Å². The third-order valence-corrected chi connectivity index (χ3v) is 3.82. The molecule has 0 aliphatic carbocycles. The molecule has 0 aliphatic rings. The minimum atomic E-state index is -0.0442. The first-order valence-electron chi connectivity index (χ1n) is 6.20. The molecule has 0 fully saturated rings. The molecule has 0 amide bonds. The molecule has 0 bridgehead atoms. The third-order valence-electron chi connectivity index (χ3n) is 3.09. The van der Waals surface area contributed by atoms with Gasteiger partial charge in [0.05, 0.1) is 17.4 Å². The second-order valence-corrected chi connectivity index (χ2v) is 5.23. The molecule has 19 heavy (non-hydrogen) atoms. The highest BCUT2D eigenvalue weighted by atomic mass is 32.1. The fourth-order valence-corrected chi connectivity index (χ4v) is 2.83. The van der Waals surface area contributed by atoms with Crippen molar-refractivity contribution >= 4 is 11.3 Å². The number of hydrogen-bond donors (Lipinski definition) is 1. The number of nitrogens with two attached hydrogens (primary N) is 1. The highest BCUT2D eigenvalue weighted by molar-refractivity contribution is 7.07. The summed E-state index contributed by atoms with van der Waals surface area (Å²) in [6.45, 7) is 0. The van der Waals surface area contributed by atoms with Gasteiger partial charge in [-0.3, -0.25) is 0 Å². The van der Waals surface area contributed by atoms with Crippen LogP contribution >= 0.6 is 11.3 Å². The zero-order valence-corrected chi connectivity index (χ0v) is 11.3. The van der Waals surface area contributed by atoms with Crippen LogP contribution in [-0.4, -0.2) is 9.78 Å². The molecule has 0 saturated heterocycles. The highest BCUT2D eigenvalue weighted by Gasteiger charge is 2.13. The van der Waals surface area contributed by atoms with E-state index in [0.717, 1.165) is 17.8 Å². The molecule has 0 saturated carbocycles. The lowest BCUT2D eigenvalue weighted by molar-refractivity contribution is 0.655. The lowest BCUT2D eigenvalue weighted by atomic mass is 10.1. The smallest absolute Gasteiger partial charge is 0.0649 e. The quantitative estimate of drug-likeness (QED) is 0.790. The van der Waals surface area contributed by atoms with E-state index in [1.54, 1.807) is 17.5 Å². The Labute approximate surface area is 116 Å². The Balaban J connectivity index is 1.88. The average Bonchev–Trinajstić information content (AvgIpc) is 3.10. The summed E-state index contributed by atoms with van der Waals surface area (Å²) in [7, 11) is 0. The van der Waals surface area contributed by atoms with Crippen molar-refractivity contribution in [2.45, 2.75) is 12.5 Å². The molecule has 1 unspecified atom stereocenters. The van der Waals surface area contributed by atoms with Gasteiger partial charge < -0.3 is 5.73 Å². The molecule has 2 heterocycles.